The Hall–Kier alpha value is -7.72. The van der Waals surface area contributed by atoms with Gasteiger partial charge in [-0.2, -0.15) is 0 Å². The van der Waals surface area contributed by atoms with Crippen molar-refractivity contribution in [2.75, 3.05) is 27.4 Å². The molecule has 10 heteroatoms. The number of unbranched alkanes of at least 4 members (excludes halogenated alkanes) is 4. The molecule has 0 aliphatic rings. The Morgan fingerprint density at radius 1 is 0.471 bits per heavy atom. The molecule has 0 N–H and O–H groups in total. The monoisotopic (exact) mass is 908 g/mol. The summed E-state index contributed by atoms with van der Waals surface area (Å²) in [5.74, 6) is 3.20. The Bertz CT molecular complexity index is 2820. The molecule has 0 unspecified atom stereocenters. The molecule has 2 aromatic heterocycles. The maximum absolute atomic E-state index is 11.2. The number of carbonyl (C=O) groups is 2. The number of carbonyl (C=O) groups excluding carboxylic acids is 2. The number of fused-ring (bicyclic) bond motifs is 2. The third-order valence-electron chi connectivity index (χ3n) is 11.3. The molecule has 0 amide bonds. The minimum absolute atomic E-state index is 0.157. The van der Waals surface area contributed by atoms with Gasteiger partial charge in [-0.3, -0.25) is 9.59 Å². The molecule has 0 fully saturated rings. The lowest BCUT2D eigenvalue weighted by atomic mass is 10.2. The number of nitrogens with zero attached hydrogens (tertiary/aromatic N) is 4. The first-order valence-corrected chi connectivity index (χ1v) is 23.4. The summed E-state index contributed by atoms with van der Waals surface area (Å²) in [6.45, 7) is 2.64. The van der Waals surface area contributed by atoms with Crippen molar-refractivity contribution in [3.63, 3.8) is 0 Å². The van der Waals surface area contributed by atoms with Gasteiger partial charge in [0.2, 0.25) is 0 Å². The van der Waals surface area contributed by atoms with E-state index in [1.807, 2.05) is 97.1 Å². The quantitative estimate of drug-likeness (QED) is 0.0489. The lowest BCUT2D eigenvalue weighted by Gasteiger charge is -2.09. The van der Waals surface area contributed by atoms with Crippen molar-refractivity contribution in [1.29, 1.82) is 0 Å². The zero-order valence-electron chi connectivity index (χ0n) is 39.0. The summed E-state index contributed by atoms with van der Waals surface area (Å²) in [4.78, 5) is 32.3. The van der Waals surface area contributed by atoms with Crippen molar-refractivity contribution < 1.29 is 28.5 Å². The molecular formula is C58H60N4O6. The second-order valence-electron chi connectivity index (χ2n) is 16.2. The van der Waals surface area contributed by atoms with E-state index in [0.717, 1.165) is 101 Å². The molecule has 0 spiro atoms. The maximum Gasteiger partial charge on any atom is 0.305 e. The number of benzene rings is 6. The van der Waals surface area contributed by atoms with Crippen molar-refractivity contribution in [3.05, 3.63) is 181 Å². The highest BCUT2D eigenvalue weighted by Crippen LogP contribution is 2.30. The van der Waals surface area contributed by atoms with Gasteiger partial charge in [-0.1, -0.05) is 146 Å². The third kappa shape index (κ3) is 14.1. The van der Waals surface area contributed by atoms with Gasteiger partial charge in [0.25, 0.3) is 0 Å². The molecule has 0 atom stereocenters. The summed E-state index contributed by atoms with van der Waals surface area (Å²) in [5, 5.41) is 0. The van der Waals surface area contributed by atoms with Crippen LogP contribution in [-0.4, -0.2) is 58.5 Å². The molecule has 10 nitrogen and oxygen atoms in total. The highest BCUT2D eigenvalue weighted by molar-refractivity contribution is 5.83. The van der Waals surface area contributed by atoms with Gasteiger partial charge in [-0.05, 0) is 73.9 Å². The fourth-order valence-electron chi connectivity index (χ4n) is 7.77. The van der Waals surface area contributed by atoms with E-state index in [1.54, 1.807) is 0 Å². The fourth-order valence-corrected chi connectivity index (χ4v) is 7.77. The Labute approximate surface area is 399 Å². The standard InChI is InChI=1S/2C29H30N2O3/c1-33-28(32)17-9-4-10-21-34-25-18-19-27-26(22-25)30-29(24-15-7-3-8-16-24)31(27)20-11-14-23-12-5-2-6-13-23;1-33-28(32)17-9-4-10-21-34-25-18-19-26-27(22-25)31(20-11-14-23-12-5-2-6-13-23)29(30-26)24-15-7-3-8-16-24/h2*2-3,5-8,11-16,18-19,22H,4,9-10,17,20-21H2,1H3. The van der Waals surface area contributed by atoms with Crippen LogP contribution in [0.5, 0.6) is 11.5 Å². The normalized spacial score (nSPS) is 11.2. The summed E-state index contributed by atoms with van der Waals surface area (Å²) < 4.78 is 25.8. The molecular weight excluding hydrogens is 849 g/mol. The first-order chi connectivity index (χ1) is 33.5. The predicted octanol–water partition coefficient (Wildman–Crippen LogP) is 13.1. The summed E-state index contributed by atoms with van der Waals surface area (Å²) in [7, 11) is 2.85. The topological polar surface area (TPSA) is 107 Å². The largest absolute Gasteiger partial charge is 0.494 e. The molecule has 0 saturated heterocycles. The number of hydrogen-bond donors (Lipinski definition) is 0. The highest BCUT2D eigenvalue weighted by atomic mass is 16.5. The maximum atomic E-state index is 11.2. The minimum atomic E-state index is -0.158. The summed E-state index contributed by atoms with van der Waals surface area (Å²) in [6.07, 6.45) is 14.8. The van der Waals surface area contributed by atoms with Crippen molar-refractivity contribution in [3.8, 4) is 34.3 Å². The van der Waals surface area contributed by atoms with Crippen LogP contribution in [0.3, 0.4) is 0 Å². The highest BCUT2D eigenvalue weighted by Gasteiger charge is 2.15. The Balaban J connectivity index is 0.000000201. The first-order valence-electron chi connectivity index (χ1n) is 23.4. The molecule has 0 radical (unpaired) electrons. The van der Waals surface area contributed by atoms with Crippen molar-refractivity contribution in [2.45, 2.75) is 64.5 Å². The van der Waals surface area contributed by atoms with Crippen LogP contribution in [0.25, 0.3) is 57.0 Å². The molecule has 2 heterocycles. The van der Waals surface area contributed by atoms with Crippen LogP contribution >= 0.6 is 0 Å². The number of allylic oxidation sites excluding steroid dienone is 2. The van der Waals surface area contributed by atoms with Gasteiger partial charge < -0.3 is 28.1 Å². The van der Waals surface area contributed by atoms with Crippen LogP contribution in [0.15, 0.2) is 170 Å². The third-order valence-corrected chi connectivity index (χ3v) is 11.3. The number of hydrogen-bond acceptors (Lipinski definition) is 8. The number of aromatic nitrogens is 4. The second-order valence-corrected chi connectivity index (χ2v) is 16.2. The van der Waals surface area contributed by atoms with Crippen LogP contribution in [0.4, 0.5) is 0 Å². The van der Waals surface area contributed by atoms with E-state index in [1.165, 1.54) is 25.3 Å². The molecule has 8 aromatic rings. The Morgan fingerprint density at radius 2 is 0.912 bits per heavy atom. The average Bonchev–Trinajstić information content (AvgIpc) is 3.94. The van der Waals surface area contributed by atoms with Gasteiger partial charge in [0.15, 0.2) is 0 Å². The van der Waals surface area contributed by atoms with Gasteiger partial charge in [-0.25, -0.2) is 9.97 Å². The molecule has 68 heavy (non-hydrogen) atoms. The Morgan fingerprint density at radius 3 is 1.41 bits per heavy atom. The Kier molecular flexibility index (Phi) is 18.3. The smallest absolute Gasteiger partial charge is 0.305 e. The lowest BCUT2D eigenvalue weighted by molar-refractivity contribution is -0.141. The van der Waals surface area contributed by atoms with E-state index in [2.05, 4.69) is 104 Å². The number of esters is 2. The summed E-state index contributed by atoms with van der Waals surface area (Å²) in [6, 6.07) is 53.3. The summed E-state index contributed by atoms with van der Waals surface area (Å²) >= 11 is 0. The predicted molar refractivity (Wildman–Crippen MR) is 273 cm³/mol. The molecule has 8 rings (SSSR count). The van der Waals surface area contributed by atoms with Crippen LogP contribution < -0.4 is 9.47 Å². The van der Waals surface area contributed by atoms with Crippen molar-refractivity contribution >= 4 is 46.2 Å². The van der Waals surface area contributed by atoms with E-state index in [-0.39, 0.29) is 11.9 Å². The zero-order valence-corrected chi connectivity index (χ0v) is 39.0. The molecule has 0 saturated carbocycles. The second kappa shape index (κ2) is 25.8. The van der Waals surface area contributed by atoms with Crippen LogP contribution in [0.1, 0.15) is 62.5 Å². The number of rotatable bonds is 22. The zero-order chi connectivity index (χ0) is 47.2. The van der Waals surface area contributed by atoms with Crippen molar-refractivity contribution in [1.82, 2.24) is 19.1 Å². The van der Waals surface area contributed by atoms with E-state index in [4.69, 9.17) is 19.4 Å². The molecule has 0 aliphatic heterocycles. The molecule has 0 bridgehead atoms. The van der Waals surface area contributed by atoms with Gasteiger partial charge in [0.1, 0.15) is 23.1 Å². The summed E-state index contributed by atoms with van der Waals surface area (Å²) in [5.41, 5.74) is 8.48. The van der Waals surface area contributed by atoms with Crippen LogP contribution in [0.2, 0.25) is 0 Å². The van der Waals surface area contributed by atoms with Crippen LogP contribution in [-0.2, 0) is 32.2 Å². The SMILES string of the molecule is COC(=O)CCCCCOc1ccc2c(c1)nc(-c1ccccc1)n2CC=Cc1ccccc1.COC(=O)CCCCCOc1ccc2nc(-c3ccccc3)n(CC=Cc3ccccc3)c2c1. The molecule has 0 aliphatic carbocycles. The number of methoxy groups -OCH3 is 2. The number of ether oxygens (including phenoxy) is 4. The van der Waals surface area contributed by atoms with Gasteiger partial charge in [0, 0.05) is 49.2 Å². The van der Waals surface area contributed by atoms with E-state index >= 15 is 0 Å². The molecule has 348 valence electrons. The molecule has 6 aromatic carbocycles. The minimum Gasteiger partial charge on any atom is -0.494 e. The van der Waals surface area contributed by atoms with E-state index in [9.17, 15) is 9.59 Å². The van der Waals surface area contributed by atoms with E-state index in [0.29, 0.717) is 32.6 Å². The fraction of sp³-hybridized carbons (Fsp3) is 0.241. The number of imidazole rings is 2. The van der Waals surface area contributed by atoms with Crippen molar-refractivity contribution in [2.24, 2.45) is 0 Å². The van der Waals surface area contributed by atoms with Crippen LogP contribution in [0, 0.1) is 0 Å². The lowest BCUT2D eigenvalue weighted by Crippen LogP contribution is -2.02. The average molecular weight is 909 g/mol. The first kappa shape index (κ1) is 48.2. The van der Waals surface area contributed by atoms with Gasteiger partial charge in [-0.15, -0.1) is 0 Å². The van der Waals surface area contributed by atoms with Gasteiger partial charge >= 0.3 is 11.9 Å². The van der Waals surface area contributed by atoms with E-state index < -0.39 is 0 Å². The van der Waals surface area contributed by atoms with Gasteiger partial charge in [0.05, 0.1) is 49.5 Å².